The Balaban J connectivity index is 2.49. The lowest BCUT2D eigenvalue weighted by atomic mass is 10.1. The van der Waals surface area contributed by atoms with Crippen LogP contribution in [0, 0.1) is 20.8 Å². The number of carbonyl (C=O) groups excluding carboxylic acids is 1. The fourth-order valence-electron chi connectivity index (χ4n) is 3.00. The summed E-state index contributed by atoms with van der Waals surface area (Å²) in [6.07, 6.45) is 1.63. The Morgan fingerprint density at radius 3 is 2.58 bits per heavy atom. The van der Waals surface area contributed by atoms with Gasteiger partial charge in [0.05, 0.1) is 24.7 Å². The number of nitrogens with two attached hydrogens (primary N) is 2. The number of anilines is 1. The van der Waals surface area contributed by atoms with Crippen molar-refractivity contribution in [3.63, 3.8) is 0 Å². The van der Waals surface area contributed by atoms with Crippen molar-refractivity contribution in [1.82, 2.24) is 14.5 Å². The normalized spacial score (nSPS) is 11.0. The number of ether oxygens (including phenoxy) is 1. The maximum absolute atomic E-state index is 11.9. The Hall–Kier alpha value is -3.09. The lowest BCUT2D eigenvalue weighted by Crippen LogP contribution is -2.14. The quantitative estimate of drug-likeness (QED) is 0.766. The van der Waals surface area contributed by atoms with E-state index in [2.05, 4.69) is 9.97 Å². The number of fused-ring (bicyclic) bond motifs is 1. The molecule has 3 rings (SSSR count). The van der Waals surface area contributed by atoms with Crippen LogP contribution in [-0.2, 0) is 0 Å². The van der Waals surface area contributed by atoms with Gasteiger partial charge >= 0.3 is 0 Å². The molecule has 7 nitrogen and oxygen atoms in total. The van der Waals surface area contributed by atoms with Crippen molar-refractivity contribution in [3.05, 3.63) is 40.7 Å². The number of primary amides is 1. The van der Waals surface area contributed by atoms with E-state index in [1.165, 1.54) is 0 Å². The summed E-state index contributed by atoms with van der Waals surface area (Å²) in [7, 11) is 1.61. The molecule has 24 heavy (non-hydrogen) atoms. The molecule has 2 heterocycles. The molecular formula is C17H19N5O2. The second kappa shape index (κ2) is 5.52. The minimum Gasteiger partial charge on any atom is -0.496 e. The Morgan fingerprint density at radius 2 is 1.96 bits per heavy atom. The van der Waals surface area contributed by atoms with Crippen LogP contribution in [0.1, 0.15) is 27.2 Å². The molecule has 0 saturated heterocycles. The van der Waals surface area contributed by atoms with Crippen LogP contribution in [0.3, 0.4) is 0 Å². The summed E-state index contributed by atoms with van der Waals surface area (Å²) in [5.74, 6) is 0.314. The van der Waals surface area contributed by atoms with E-state index in [0.717, 1.165) is 22.6 Å². The number of nitrogen functional groups attached to an aromatic ring is 1. The second-order valence-corrected chi connectivity index (χ2v) is 5.70. The molecule has 0 aliphatic rings. The summed E-state index contributed by atoms with van der Waals surface area (Å²) in [4.78, 5) is 20.8. The van der Waals surface area contributed by atoms with Gasteiger partial charge in [-0.3, -0.25) is 9.36 Å². The molecule has 124 valence electrons. The first-order chi connectivity index (χ1) is 11.4. The van der Waals surface area contributed by atoms with Crippen molar-refractivity contribution < 1.29 is 9.53 Å². The molecule has 7 heteroatoms. The number of hydrogen-bond donors (Lipinski definition) is 2. The van der Waals surface area contributed by atoms with Crippen LogP contribution < -0.4 is 16.2 Å². The lowest BCUT2D eigenvalue weighted by Gasteiger charge is -2.16. The van der Waals surface area contributed by atoms with E-state index < -0.39 is 5.91 Å². The van der Waals surface area contributed by atoms with E-state index in [1.54, 1.807) is 24.8 Å². The van der Waals surface area contributed by atoms with Gasteiger partial charge in [0.1, 0.15) is 22.6 Å². The molecule has 0 spiro atoms. The molecule has 4 N–H and O–H groups in total. The predicted molar refractivity (Wildman–Crippen MR) is 92.6 cm³/mol. The van der Waals surface area contributed by atoms with Crippen LogP contribution in [0.15, 0.2) is 18.3 Å². The van der Waals surface area contributed by atoms with Crippen molar-refractivity contribution in [2.45, 2.75) is 20.8 Å². The van der Waals surface area contributed by atoms with E-state index in [4.69, 9.17) is 16.2 Å². The maximum atomic E-state index is 11.9. The average Bonchev–Trinajstić information content (AvgIpc) is 2.79. The average molecular weight is 325 g/mol. The summed E-state index contributed by atoms with van der Waals surface area (Å²) in [6, 6.07) is 3.82. The Morgan fingerprint density at radius 1 is 1.25 bits per heavy atom. The van der Waals surface area contributed by atoms with Gasteiger partial charge in [-0.1, -0.05) is 6.07 Å². The number of hydrogen-bond acceptors (Lipinski definition) is 5. The van der Waals surface area contributed by atoms with Crippen LogP contribution in [0.4, 0.5) is 5.82 Å². The molecule has 0 aliphatic carbocycles. The topological polar surface area (TPSA) is 109 Å². The van der Waals surface area contributed by atoms with Crippen molar-refractivity contribution >= 4 is 22.9 Å². The van der Waals surface area contributed by atoms with Crippen molar-refractivity contribution in [3.8, 4) is 11.4 Å². The van der Waals surface area contributed by atoms with Gasteiger partial charge in [0.25, 0.3) is 5.91 Å². The second-order valence-electron chi connectivity index (χ2n) is 5.70. The van der Waals surface area contributed by atoms with Gasteiger partial charge in [0.2, 0.25) is 0 Å². The summed E-state index contributed by atoms with van der Waals surface area (Å²) < 4.78 is 7.12. The van der Waals surface area contributed by atoms with E-state index in [1.807, 2.05) is 26.0 Å². The molecule has 1 aromatic carbocycles. The number of carbonyl (C=O) groups is 1. The highest BCUT2D eigenvalue weighted by molar-refractivity contribution is 6.09. The third-order valence-electron chi connectivity index (χ3n) is 4.09. The summed E-state index contributed by atoms with van der Waals surface area (Å²) >= 11 is 0. The van der Waals surface area contributed by atoms with E-state index in [9.17, 15) is 4.79 Å². The highest BCUT2D eigenvalue weighted by Crippen LogP contribution is 2.35. The van der Waals surface area contributed by atoms with Crippen LogP contribution >= 0.6 is 0 Å². The SMILES string of the molecule is COc1ccc(C)c(-n2c(N)c(C(N)=O)c3nc(C)cnc32)c1C. The molecule has 0 aliphatic heterocycles. The third kappa shape index (κ3) is 2.17. The molecule has 0 unspecified atom stereocenters. The summed E-state index contributed by atoms with van der Waals surface area (Å²) in [5, 5.41) is 0. The highest BCUT2D eigenvalue weighted by atomic mass is 16.5. The van der Waals surface area contributed by atoms with Crippen molar-refractivity contribution in [2.24, 2.45) is 5.73 Å². The number of benzene rings is 1. The van der Waals surface area contributed by atoms with Gasteiger partial charge in [-0.2, -0.15) is 0 Å². The molecule has 2 aromatic heterocycles. The molecular weight excluding hydrogens is 306 g/mol. The van der Waals surface area contributed by atoms with Gasteiger partial charge in [-0.25, -0.2) is 9.97 Å². The number of amides is 1. The minimum absolute atomic E-state index is 0.183. The number of aromatic nitrogens is 3. The zero-order valence-electron chi connectivity index (χ0n) is 14.0. The lowest BCUT2D eigenvalue weighted by molar-refractivity contribution is 0.100. The summed E-state index contributed by atoms with van der Waals surface area (Å²) in [5.41, 5.74) is 16.2. The third-order valence-corrected chi connectivity index (χ3v) is 4.09. The van der Waals surface area contributed by atoms with Gasteiger partial charge in [0.15, 0.2) is 5.65 Å². The van der Waals surface area contributed by atoms with Crippen molar-refractivity contribution in [2.75, 3.05) is 12.8 Å². The zero-order chi connectivity index (χ0) is 17.6. The first-order valence-electron chi connectivity index (χ1n) is 7.44. The smallest absolute Gasteiger partial charge is 0.254 e. The Kier molecular flexibility index (Phi) is 3.63. The van der Waals surface area contributed by atoms with Crippen LogP contribution in [0.25, 0.3) is 16.9 Å². The molecule has 1 amide bonds. The number of methoxy groups -OCH3 is 1. The fraction of sp³-hybridized carbons (Fsp3) is 0.235. The van der Waals surface area contributed by atoms with Crippen molar-refractivity contribution in [1.29, 1.82) is 0 Å². The number of rotatable bonds is 3. The largest absolute Gasteiger partial charge is 0.496 e. The van der Waals surface area contributed by atoms with E-state index >= 15 is 0 Å². The van der Waals surface area contributed by atoms with Gasteiger partial charge < -0.3 is 16.2 Å². The molecule has 0 saturated carbocycles. The van der Waals surface area contributed by atoms with Crippen LogP contribution in [0.2, 0.25) is 0 Å². The van der Waals surface area contributed by atoms with Gasteiger partial charge in [-0.05, 0) is 32.4 Å². The van der Waals surface area contributed by atoms with Gasteiger partial charge in [-0.15, -0.1) is 0 Å². The Bertz CT molecular complexity index is 975. The predicted octanol–water partition coefficient (Wildman–Crippen LogP) is 2.04. The molecule has 0 atom stereocenters. The number of nitrogens with zero attached hydrogens (tertiary/aromatic N) is 3. The number of aryl methyl sites for hydroxylation is 2. The van der Waals surface area contributed by atoms with Crippen LogP contribution in [-0.4, -0.2) is 27.6 Å². The summed E-state index contributed by atoms with van der Waals surface area (Å²) in [6.45, 7) is 5.68. The van der Waals surface area contributed by atoms with Gasteiger partial charge in [0, 0.05) is 5.56 Å². The first kappa shape index (κ1) is 15.8. The molecule has 0 fully saturated rings. The molecule has 3 aromatic rings. The standard InChI is InChI=1S/C17H19N5O2/c1-8-5-6-11(24-4)10(3)14(8)22-15(18)12(16(19)23)13-17(22)20-7-9(2)21-13/h5-7H,18H2,1-4H3,(H2,19,23). The first-order valence-corrected chi connectivity index (χ1v) is 7.44. The molecule has 0 radical (unpaired) electrons. The van der Waals surface area contributed by atoms with E-state index in [-0.39, 0.29) is 11.4 Å². The highest BCUT2D eigenvalue weighted by Gasteiger charge is 2.24. The maximum Gasteiger partial charge on any atom is 0.254 e. The fourth-order valence-corrected chi connectivity index (χ4v) is 3.00. The van der Waals surface area contributed by atoms with Crippen LogP contribution in [0.5, 0.6) is 5.75 Å². The zero-order valence-corrected chi connectivity index (χ0v) is 14.0. The molecule has 0 bridgehead atoms. The Labute approximate surface area is 139 Å². The minimum atomic E-state index is -0.630. The monoisotopic (exact) mass is 325 g/mol. The van der Waals surface area contributed by atoms with E-state index in [0.29, 0.717) is 16.9 Å².